The van der Waals surface area contributed by atoms with Crippen LogP contribution in [0.3, 0.4) is 0 Å². The van der Waals surface area contributed by atoms with Crippen molar-refractivity contribution in [1.82, 2.24) is 0 Å². The molecule has 0 aromatic heterocycles. The lowest BCUT2D eigenvalue weighted by Gasteiger charge is -2.49. The van der Waals surface area contributed by atoms with Crippen LogP contribution in [0.25, 0.3) is 0 Å². The van der Waals surface area contributed by atoms with Gasteiger partial charge in [0.2, 0.25) is 0 Å². The van der Waals surface area contributed by atoms with Gasteiger partial charge in [-0.1, -0.05) is 47.0 Å². The molecule has 1 aliphatic rings. The van der Waals surface area contributed by atoms with Crippen molar-refractivity contribution in [1.29, 1.82) is 0 Å². The Balaban J connectivity index is 2.23. The molecule has 0 heterocycles. The largest absolute Gasteiger partial charge is 0.392 e. The summed E-state index contributed by atoms with van der Waals surface area (Å²) >= 11 is 0. The first kappa shape index (κ1) is 14.0. The normalized spacial score (nSPS) is 29.8. The zero-order valence-corrected chi connectivity index (χ0v) is 11.3. The number of hydrogen-bond donors (Lipinski definition) is 1. The molecule has 3 unspecified atom stereocenters. The van der Waals surface area contributed by atoms with E-state index in [2.05, 4.69) is 27.7 Å². The van der Waals surface area contributed by atoms with Crippen LogP contribution < -0.4 is 0 Å². The summed E-state index contributed by atoms with van der Waals surface area (Å²) < 4.78 is 5.95. The molecule has 1 N–H and O–H groups in total. The predicted octanol–water partition coefficient (Wildman–Crippen LogP) is 3.38. The lowest BCUT2D eigenvalue weighted by molar-refractivity contribution is -0.180. The molecule has 0 aromatic rings. The molecule has 0 spiro atoms. The van der Waals surface area contributed by atoms with E-state index in [9.17, 15) is 5.11 Å². The van der Waals surface area contributed by atoms with E-state index in [1.807, 2.05) is 0 Å². The van der Waals surface area contributed by atoms with Crippen LogP contribution >= 0.6 is 0 Å². The lowest BCUT2D eigenvalue weighted by Crippen LogP contribution is -2.54. The Morgan fingerprint density at radius 2 is 2.06 bits per heavy atom. The van der Waals surface area contributed by atoms with Crippen LogP contribution in [-0.2, 0) is 4.74 Å². The van der Waals surface area contributed by atoms with Crippen LogP contribution in [0.4, 0.5) is 0 Å². The first-order valence-corrected chi connectivity index (χ1v) is 6.82. The topological polar surface area (TPSA) is 29.5 Å². The Morgan fingerprint density at radius 3 is 2.50 bits per heavy atom. The van der Waals surface area contributed by atoms with E-state index in [1.54, 1.807) is 0 Å². The van der Waals surface area contributed by atoms with E-state index >= 15 is 0 Å². The van der Waals surface area contributed by atoms with E-state index in [-0.39, 0.29) is 17.6 Å². The highest BCUT2D eigenvalue weighted by Crippen LogP contribution is 2.42. The quantitative estimate of drug-likeness (QED) is 0.724. The Hall–Kier alpha value is -0.0800. The molecule has 1 saturated carbocycles. The molecule has 0 amide bonds. The molecule has 3 atom stereocenters. The van der Waals surface area contributed by atoms with Crippen LogP contribution in [0.1, 0.15) is 59.8 Å². The van der Waals surface area contributed by atoms with Crippen LogP contribution in [0.2, 0.25) is 0 Å². The molecule has 2 heteroatoms. The van der Waals surface area contributed by atoms with Gasteiger partial charge in [0.25, 0.3) is 0 Å². The summed E-state index contributed by atoms with van der Waals surface area (Å²) in [5, 5.41) is 9.63. The minimum Gasteiger partial charge on any atom is -0.392 e. The highest BCUT2D eigenvalue weighted by atomic mass is 16.5. The third-order valence-corrected chi connectivity index (χ3v) is 4.20. The summed E-state index contributed by atoms with van der Waals surface area (Å²) in [7, 11) is 0. The standard InChI is InChI=1S/C14H28O2/c1-5-7-8-11(6-2)10-16-13-9-12(15)14(13,3)4/h11-13,15H,5-10H2,1-4H3. The first-order valence-electron chi connectivity index (χ1n) is 6.82. The van der Waals surface area contributed by atoms with Crippen LogP contribution in [0.5, 0.6) is 0 Å². The first-order chi connectivity index (χ1) is 7.52. The Morgan fingerprint density at radius 1 is 1.38 bits per heavy atom. The minimum absolute atomic E-state index is 0.0386. The van der Waals surface area contributed by atoms with Crippen LogP contribution in [-0.4, -0.2) is 23.9 Å². The third kappa shape index (κ3) is 3.21. The van der Waals surface area contributed by atoms with Crippen molar-refractivity contribution in [2.24, 2.45) is 11.3 Å². The maximum absolute atomic E-state index is 9.63. The monoisotopic (exact) mass is 228 g/mol. The second-order valence-corrected chi connectivity index (χ2v) is 5.81. The van der Waals surface area contributed by atoms with Gasteiger partial charge in [-0.3, -0.25) is 0 Å². The summed E-state index contributed by atoms with van der Waals surface area (Å²) in [5.74, 6) is 0.702. The van der Waals surface area contributed by atoms with Crippen molar-refractivity contribution in [2.75, 3.05) is 6.61 Å². The molecular weight excluding hydrogens is 200 g/mol. The molecule has 1 fully saturated rings. The van der Waals surface area contributed by atoms with Gasteiger partial charge in [0.15, 0.2) is 0 Å². The van der Waals surface area contributed by atoms with Crippen LogP contribution in [0, 0.1) is 11.3 Å². The third-order valence-electron chi connectivity index (χ3n) is 4.20. The van der Waals surface area contributed by atoms with Gasteiger partial charge < -0.3 is 9.84 Å². The number of rotatable bonds is 7. The molecule has 16 heavy (non-hydrogen) atoms. The molecule has 0 saturated heterocycles. The number of unbranched alkanes of at least 4 members (excludes halogenated alkanes) is 1. The average Bonchev–Trinajstić information content (AvgIpc) is 2.27. The molecule has 0 aromatic carbocycles. The summed E-state index contributed by atoms with van der Waals surface area (Å²) in [6, 6.07) is 0. The summed E-state index contributed by atoms with van der Waals surface area (Å²) in [6.07, 6.45) is 5.96. The summed E-state index contributed by atoms with van der Waals surface area (Å²) in [6.45, 7) is 9.54. The van der Waals surface area contributed by atoms with E-state index in [0.717, 1.165) is 13.0 Å². The van der Waals surface area contributed by atoms with Crippen molar-refractivity contribution < 1.29 is 9.84 Å². The van der Waals surface area contributed by atoms with E-state index in [0.29, 0.717) is 5.92 Å². The maximum Gasteiger partial charge on any atom is 0.0675 e. The number of hydrogen-bond acceptors (Lipinski definition) is 2. The van der Waals surface area contributed by atoms with Gasteiger partial charge in [0.05, 0.1) is 12.2 Å². The van der Waals surface area contributed by atoms with Gasteiger partial charge in [-0.05, 0) is 12.3 Å². The molecule has 0 aliphatic heterocycles. The van der Waals surface area contributed by atoms with E-state index in [4.69, 9.17) is 4.74 Å². The number of aliphatic hydroxyl groups is 1. The van der Waals surface area contributed by atoms with E-state index in [1.165, 1.54) is 25.7 Å². The van der Waals surface area contributed by atoms with E-state index < -0.39 is 0 Å². The minimum atomic E-state index is -0.173. The fourth-order valence-corrected chi connectivity index (χ4v) is 2.30. The Kier molecular flexibility index (Phi) is 5.26. The van der Waals surface area contributed by atoms with Crippen molar-refractivity contribution in [3.63, 3.8) is 0 Å². The molecule has 0 radical (unpaired) electrons. The summed E-state index contributed by atoms with van der Waals surface area (Å²) in [4.78, 5) is 0. The molecule has 1 rings (SSSR count). The maximum atomic E-state index is 9.63. The molecule has 96 valence electrons. The zero-order chi connectivity index (χ0) is 12.2. The van der Waals surface area contributed by atoms with Crippen molar-refractivity contribution >= 4 is 0 Å². The van der Waals surface area contributed by atoms with Crippen molar-refractivity contribution in [3.8, 4) is 0 Å². The smallest absolute Gasteiger partial charge is 0.0675 e. The molecule has 2 nitrogen and oxygen atoms in total. The molecular formula is C14H28O2. The predicted molar refractivity (Wildman–Crippen MR) is 67.5 cm³/mol. The van der Waals surface area contributed by atoms with Crippen molar-refractivity contribution in [2.45, 2.75) is 72.0 Å². The zero-order valence-electron chi connectivity index (χ0n) is 11.3. The highest BCUT2D eigenvalue weighted by molar-refractivity contribution is 4.98. The molecule has 0 bridgehead atoms. The fraction of sp³-hybridized carbons (Fsp3) is 1.00. The SMILES string of the molecule is CCCCC(CC)COC1CC(O)C1(C)C. The number of aliphatic hydroxyl groups excluding tert-OH is 1. The Bertz CT molecular complexity index is 201. The van der Waals surface area contributed by atoms with Crippen LogP contribution in [0.15, 0.2) is 0 Å². The van der Waals surface area contributed by atoms with Gasteiger partial charge in [0.1, 0.15) is 0 Å². The second-order valence-electron chi connectivity index (χ2n) is 5.81. The second kappa shape index (κ2) is 6.02. The Labute approximate surface area is 100 Å². The molecule has 1 aliphatic carbocycles. The number of ether oxygens (including phenoxy) is 1. The highest BCUT2D eigenvalue weighted by Gasteiger charge is 2.48. The summed E-state index contributed by atoms with van der Waals surface area (Å²) in [5.41, 5.74) is -0.0386. The van der Waals surface area contributed by atoms with Gasteiger partial charge in [-0.25, -0.2) is 0 Å². The van der Waals surface area contributed by atoms with Crippen molar-refractivity contribution in [3.05, 3.63) is 0 Å². The average molecular weight is 228 g/mol. The lowest BCUT2D eigenvalue weighted by atomic mass is 9.66. The van der Waals surface area contributed by atoms with Gasteiger partial charge in [-0.2, -0.15) is 0 Å². The van der Waals surface area contributed by atoms with Gasteiger partial charge >= 0.3 is 0 Å². The van der Waals surface area contributed by atoms with Gasteiger partial charge in [0, 0.05) is 18.4 Å². The fourth-order valence-electron chi connectivity index (χ4n) is 2.30. The van der Waals surface area contributed by atoms with Gasteiger partial charge in [-0.15, -0.1) is 0 Å².